The number of pyridine rings is 1. The summed E-state index contributed by atoms with van der Waals surface area (Å²) in [7, 11) is 0. The van der Waals surface area contributed by atoms with Crippen LogP contribution in [0.25, 0.3) is 10.9 Å². The number of aromatic nitrogens is 1. The average Bonchev–Trinajstić information content (AvgIpc) is 2.42. The number of rotatable bonds is 1. The summed E-state index contributed by atoms with van der Waals surface area (Å²) in [5.41, 5.74) is 9.39. The van der Waals surface area contributed by atoms with Gasteiger partial charge < -0.3 is 5.73 Å². The van der Waals surface area contributed by atoms with Crippen molar-refractivity contribution >= 4 is 34.1 Å². The van der Waals surface area contributed by atoms with Crippen molar-refractivity contribution in [2.75, 3.05) is 0 Å². The van der Waals surface area contributed by atoms with Crippen LogP contribution in [0.4, 0.5) is 0 Å². The molecule has 0 unspecified atom stereocenters. The summed E-state index contributed by atoms with van der Waals surface area (Å²) in [5.74, 6) is -0.261. The minimum absolute atomic E-state index is 0.123. The molecule has 0 saturated carbocycles. The molecule has 1 amide bonds. The molecule has 2 rings (SSSR count). The number of carbonyl (C=O) groups excluding carboxylic acids is 1. The molecule has 0 bridgehead atoms. The van der Waals surface area contributed by atoms with Gasteiger partial charge in [-0.3, -0.25) is 20.2 Å². The molecule has 0 aliphatic heterocycles. The van der Waals surface area contributed by atoms with Crippen LogP contribution in [-0.4, -0.2) is 26.6 Å². The van der Waals surface area contributed by atoms with Crippen LogP contribution >= 0.6 is 12.2 Å². The number of carbonyl (C=O) groups is 1. The Morgan fingerprint density at radius 3 is 2.67 bits per heavy atom. The van der Waals surface area contributed by atoms with Crippen LogP contribution in [-0.2, 0) is 0 Å². The van der Waals surface area contributed by atoms with Crippen LogP contribution in [0.1, 0.15) is 31.1 Å². The lowest BCUT2D eigenvalue weighted by Crippen LogP contribution is -2.57. The van der Waals surface area contributed by atoms with Crippen LogP contribution in [0, 0.1) is 0 Å². The van der Waals surface area contributed by atoms with E-state index >= 15 is 0 Å². The highest BCUT2D eigenvalue weighted by molar-refractivity contribution is 7.80. The zero-order valence-electron chi connectivity index (χ0n) is 12.3. The van der Waals surface area contributed by atoms with Gasteiger partial charge in [0.25, 0.3) is 5.91 Å². The maximum atomic E-state index is 12.4. The maximum Gasteiger partial charge on any atom is 0.269 e. The third-order valence-corrected chi connectivity index (χ3v) is 3.15. The molecule has 0 atom stereocenters. The molecule has 0 spiro atoms. The van der Waals surface area contributed by atoms with Crippen molar-refractivity contribution in [3.63, 3.8) is 0 Å². The molecule has 1 aromatic heterocycles. The number of nitrogens with two attached hydrogens (primary N) is 1. The van der Waals surface area contributed by atoms with E-state index in [0.29, 0.717) is 5.56 Å². The lowest BCUT2D eigenvalue weighted by molar-refractivity contribution is 0.0776. The van der Waals surface area contributed by atoms with Gasteiger partial charge in [-0.1, -0.05) is 6.07 Å². The van der Waals surface area contributed by atoms with E-state index in [4.69, 9.17) is 18.0 Å². The van der Waals surface area contributed by atoms with Crippen molar-refractivity contribution in [2.24, 2.45) is 5.73 Å². The summed E-state index contributed by atoms with van der Waals surface area (Å²) in [6.07, 6.45) is 1.72. The van der Waals surface area contributed by atoms with Crippen LogP contribution in [0.3, 0.4) is 0 Å². The van der Waals surface area contributed by atoms with Crippen molar-refractivity contribution in [2.45, 2.75) is 26.3 Å². The van der Waals surface area contributed by atoms with Crippen molar-refractivity contribution in [1.29, 1.82) is 0 Å². The second-order valence-corrected chi connectivity index (χ2v) is 6.11. The molecule has 0 aliphatic rings. The van der Waals surface area contributed by atoms with Gasteiger partial charge in [-0.05, 0) is 57.3 Å². The molecule has 21 heavy (non-hydrogen) atoms. The fourth-order valence-electron chi connectivity index (χ4n) is 1.94. The molecule has 6 heteroatoms. The number of nitrogens with zero attached hydrogens (tertiary/aromatic N) is 2. The minimum Gasteiger partial charge on any atom is -0.375 e. The summed E-state index contributed by atoms with van der Waals surface area (Å²) < 4.78 is 0. The summed E-state index contributed by atoms with van der Waals surface area (Å²) in [6, 6.07) is 9.07. The number of hydrogen-bond donors (Lipinski definition) is 2. The van der Waals surface area contributed by atoms with Crippen molar-refractivity contribution in [1.82, 2.24) is 15.4 Å². The second-order valence-electron chi connectivity index (χ2n) is 5.70. The predicted octanol–water partition coefficient (Wildman–Crippen LogP) is 2.22. The van der Waals surface area contributed by atoms with Gasteiger partial charge in [0, 0.05) is 17.1 Å². The number of thiocarbonyl (C=S) groups is 1. The molecule has 5 nitrogen and oxygen atoms in total. The molecule has 0 radical (unpaired) electrons. The minimum atomic E-state index is -0.403. The molecule has 110 valence electrons. The van der Waals surface area contributed by atoms with Gasteiger partial charge in [-0.25, -0.2) is 0 Å². The fraction of sp³-hybridized carbons (Fsp3) is 0.267. The van der Waals surface area contributed by atoms with Crippen LogP contribution < -0.4 is 11.2 Å². The van der Waals surface area contributed by atoms with E-state index in [1.165, 1.54) is 5.01 Å². The van der Waals surface area contributed by atoms with Gasteiger partial charge >= 0.3 is 0 Å². The lowest BCUT2D eigenvalue weighted by atomic mass is 10.1. The zero-order valence-corrected chi connectivity index (χ0v) is 13.1. The smallest absolute Gasteiger partial charge is 0.269 e. The van der Waals surface area contributed by atoms with E-state index in [-0.39, 0.29) is 11.0 Å². The number of nitrogens with one attached hydrogen (secondary N) is 1. The van der Waals surface area contributed by atoms with Crippen molar-refractivity contribution in [3.05, 3.63) is 42.1 Å². The Labute approximate surface area is 129 Å². The molecule has 0 aliphatic carbocycles. The Morgan fingerprint density at radius 2 is 2.05 bits per heavy atom. The zero-order chi connectivity index (χ0) is 15.6. The Kier molecular flexibility index (Phi) is 4.09. The largest absolute Gasteiger partial charge is 0.375 e. The first-order chi connectivity index (χ1) is 9.79. The molecule has 3 N–H and O–H groups in total. The lowest BCUT2D eigenvalue weighted by Gasteiger charge is -2.35. The van der Waals surface area contributed by atoms with Crippen LogP contribution in [0.5, 0.6) is 0 Å². The predicted molar refractivity (Wildman–Crippen MR) is 87.6 cm³/mol. The molecule has 0 fully saturated rings. The number of amides is 1. The van der Waals surface area contributed by atoms with E-state index in [2.05, 4.69) is 10.4 Å². The quantitative estimate of drug-likeness (QED) is 0.624. The summed E-state index contributed by atoms with van der Waals surface area (Å²) in [5, 5.41) is 2.51. The van der Waals surface area contributed by atoms with E-state index in [0.717, 1.165) is 10.9 Å². The topological polar surface area (TPSA) is 71.2 Å². The molecule has 1 aromatic carbocycles. The van der Waals surface area contributed by atoms with E-state index in [1.807, 2.05) is 39.0 Å². The molecule has 0 saturated heterocycles. The van der Waals surface area contributed by atoms with Gasteiger partial charge in [0.1, 0.15) is 0 Å². The van der Waals surface area contributed by atoms with E-state index in [1.54, 1.807) is 18.3 Å². The van der Waals surface area contributed by atoms with E-state index in [9.17, 15) is 4.79 Å². The van der Waals surface area contributed by atoms with Crippen LogP contribution in [0.15, 0.2) is 36.5 Å². The van der Waals surface area contributed by atoms with Crippen molar-refractivity contribution < 1.29 is 4.79 Å². The van der Waals surface area contributed by atoms with Crippen molar-refractivity contribution in [3.8, 4) is 0 Å². The van der Waals surface area contributed by atoms with Gasteiger partial charge in [-0.15, -0.1) is 0 Å². The Hall–Kier alpha value is -2.21. The summed E-state index contributed by atoms with van der Waals surface area (Å²) in [6.45, 7) is 5.74. The normalized spacial score (nSPS) is 11.2. The third-order valence-electron chi connectivity index (χ3n) is 2.97. The first kappa shape index (κ1) is 15.2. The highest BCUT2D eigenvalue weighted by Gasteiger charge is 2.24. The number of hydrogen-bond acceptors (Lipinski definition) is 3. The highest BCUT2D eigenvalue weighted by atomic mass is 32.1. The number of fused-ring (bicyclic) bond motifs is 1. The summed E-state index contributed by atoms with van der Waals surface area (Å²) in [4.78, 5) is 16.6. The van der Waals surface area contributed by atoms with E-state index < -0.39 is 5.54 Å². The highest BCUT2D eigenvalue weighted by Crippen LogP contribution is 2.15. The Balaban J connectivity index is 2.27. The van der Waals surface area contributed by atoms with Gasteiger partial charge in [0.05, 0.1) is 11.1 Å². The third kappa shape index (κ3) is 3.46. The molecular formula is C15H18N4OS. The Morgan fingerprint density at radius 1 is 1.33 bits per heavy atom. The van der Waals surface area contributed by atoms with Crippen LogP contribution in [0.2, 0.25) is 0 Å². The Bertz CT molecular complexity index is 693. The standard InChI is InChI=1S/C15H18N4OS/c1-15(2,3)19(14(16)21)18-13(20)11-6-7-12-10(9-11)5-4-8-17-12/h4-9H,1-3H3,(H2,16,21)(H,18,20). The second kappa shape index (κ2) is 5.65. The maximum absolute atomic E-state index is 12.4. The van der Waals surface area contributed by atoms with Gasteiger partial charge in [0.15, 0.2) is 5.11 Å². The summed E-state index contributed by atoms with van der Waals surface area (Å²) >= 11 is 4.99. The fourth-order valence-corrected chi connectivity index (χ4v) is 2.26. The van der Waals surface area contributed by atoms with Gasteiger partial charge in [-0.2, -0.15) is 0 Å². The molecular weight excluding hydrogens is 284 g/mol. The number of hydrazine groups is 1. The first-order valence-electron chi connectivity index (χ1n) is 6.54. The SMILES string of the molecule is CC(C)(C)N(NC(=O)c1ccc2ncccc2c1)C(N)=S. The van der Waals surface area contributed by atoms with Gasteiger partial charge in [0.2, 0.25) is 0 Å². The number of benzene rings is 1. The monoisotopic (exact) mass is 302 g/mol. The average molecular weight is 302 g/mol. The molecule has 1 heterocycles. The first-order valence-corrected chi connectivity index (χ1v) is 6.95. The molecule has 2 aromatic rings.